The van der Waals surface area contributed by atoms with Crippen molar-refractivity contribution in [2.45, 2.75) is 19.8 Å². The van der Waals surface area contributed by atoms with Crippen molar-refractivity contribution in [2.24, 2.45) is 10.9 Å². The summed E-state index contributed by atoms with van der Waals surface area (Å²) in [6, 6.07) is 3.41. The number of aliphatic imine (C=N–C) groups is 1. The minimum Gasteiger partial charge on any atom is -0.493 e. The van der Waals surface area contributed by atoms with Crippen molar-refractivity contribution < 1.29 is 5.11 Å². The third kappa shape index (κ3) is 3.40. The van der Waals surface area contributed by atoms with Crippen molar-refractivity contribution in [3.05, 3.63) is 34.5 Å². The molecule has 4 heteroatoms. The fourth-order valence-corrected chi connectivity index (χ4v) is 1.84. The van der Waals surface area contributed by atoms with Gasteiger partial charge in [0.25, 0.3) is 0 Å². The molecule has 2 rings (SSSR count). The van der Waals surface area contributed by atoms with E-state index in [4.69, 9.17) is 0 Å². The average Bonchev–Trinajstić information content (AvgIpc) is 3.15. The lowest BCUT2D eigenvalue weighted by Gasteiger charge is -2.05. The fraction of sp³-hybridized carbons (Fsp3) is 0.385. The third-order valence-electron chi connectivity index (χ3n) is 2.71. The molecule has 1 aliphatic carbocycles. The van der Waals surface area contributed by atoms with E-state index in [-0.39, 0.29) is 5.88 Å². The van der Waals surface area contributed by atoms with E-state index in [1.165, 1.54) is 12.8 Å². The van der Waals surface area contributed by atoms with Gasteiger partial charge in [-0.1, -0.05) is 6.08 Å². The molecular weight excluding hydrogens is 280 g/mol. The lowest BCUT2D eigenvalue weighted by Crippen LogP contribution is -2.03. The molecule has 17 heavy (non-hydrogen) atoms. The van der Waals surface area contributed by atoms with Crippen molar-refractivity contribution in [1.82, 2.24) is 4.98 Å². The maximum absolute atomic E-state index is 9.19. The zero-order valence-electron chi connectivity index (χ0n) is 9.73. The van der Waals surface area contributed by atoms with Crippen LogP contribution in [0, 0.1) is 5.92 Å². The molecule has 0 aliphatic heterocycles. The van der Waals surface area contributed by atoms with E-state index < -0.39 is 0 Å². The highest BCUT2D eigenvalue weighted by atomic mass is 79.9. The zero-order valence-corrected chi connectivity index (χ0v) is 11.3. The summed E-state index contributed by atoms with van der Waals surface area (Å²) in [6.45, 7) is 2.84. The first-order valence-corrected chi connectivity index (χ1v) is 6.52. The molecule has 0 bridgehead atoms. The molecule has 3 nitrogen and oxygen atoms in total. The van der Waals surface area contributed by atoms with Gasteiger partial charge in [0.1, 0.15) is 0 Å². The molecule has 1 saturated carbocycles. The summed E-state index contributed by atoms with van der Waals surface area (Å²) in [5.41, 5.74) is 1.83. The Morgan fingerprint density at radius 2 is 2.35 bits per heavy atom. The lowest BCUT2D eigenvalue weighted by molar-refractivity contribution is 0.453. The smallest absolute Gasteiger partial charge is 0.210 e. The van der Waals surface area contributed by atoms with E-state index in [2.05, 4.69) is 25.9 Å². The minimum absolute atomic E-state index is 0.0342. The Morgan fingerprint density at radius 3 is 2.88 bits per heavy atom. The second kappa shape index (κ2) is 5.45. The molecule has 0 spiro atoms. The van der Waals surface area contributed by atoms with Crippen LogP contribution >= 0.6 is 15.9 Å². The number of halogens is 1. The summed E-state index contributed by atoms with van der Waals surface area (Å²) in [6.07, 6.45) is 6.19. The molecule has 1 fully saturated rings. The summed E-state index contributed by atoms with van der Waals surface area (Å²) in [7, 11) is 0. The molecule has 0 saturated heterocycles. The second-order valence-corrected chi connectivity index (χ2v) is 5.03. The van der Waals surface area contributed by atoms with Gasteiger partial charge in [0.15, 0.2) is 0 Å². The van der Waals surface area contributed by atoms with Gasteiger partial charge in [-0.3, -0.25) is 4.99 Å². The van der Waals surface area contributed by atoms with Crippen molar-refractivity contribution >= 4 is 21.6 Å². The van der Waals surface area contributed by atoms with Gasteiger partial charge in [-0.15, -0.1) is 0 Å². The van der Waals surface area contributed by atoms with Gasteiger partial charge in [-0.05, 0) is 47.7 Å². The highest BCUT2D eigenvalue weighted by Crippen LogP contribution is 2.29. The highest BCUT2D eigenvalue weighted by Gasteiger charge is 2.21. The van der Waals surface area contributed by atoms with E-state index in [1.807, 2.05) is 19.1 Å². The van der Waals surface area contributed by atoms with Crippen molar-refractivity contribution in [1.29, 1.82) is 0 Å². The van der Waals surface area contributed by atoms with Crippen LogP contribution in [0.2, 0.25) is 0 Å². The van der Waals surface area contributed by atoms with Crippen molar-refractivity contribution in [3.63, 3.8) is 0 Å². The summed E-state index contributed by atoms with van der Waals surface area (Å²) >= 11 is 3.51. The van der Waals surface area contributed by atoms with Crippen LogP contribution in [0.25, 0.3) is 0 Å². The van der Waals surface area contributed by atoms with E-state index in [0.717, 1.165) is 28.2 Å². The summed E-state index contributed by atoms with van der Waals surface area (Å²) in [5.74, 6) is 0.791. The Bertz CT molecular complexity index is 447. The molecule has 0 aromatic carbocycles. The first kappa shape index (κ1) is 12.3. The Labute approximate surface area is 109 Å². The molecule has 0 amide bonds. The summed E-state index contributed by atoms with van der Waals surface area (Å²) in [4.78, 5) is 8.52. The number of pyridine rings is 1. The topological polar surface area (TPSA) is 45.5 Å². The Kier molecular flexibility index (Phi) is 3.94. The second-order valence-electron chi connectivity index (χ2n) is 4.17. The average molecular weight is 295 g/mol. The monoisotopic (exact) mass is 294 g/mol. The number of aromatic hydroxyl groups is 1. The first-order valence-electron chi connectivity index (χ1n) is 5.72. The third-order valence-corrected chi connectivity index (χ3v) is 3.54. The quantitative estimate of drug-likeness (QED) is 0.866. The fourth-order valence-electron chi connectivity index (χ4n) is 1.49. The van der Waals surface area contributed by atoms with Gasteiger partial charge >= 0.3 is 0 Å². The Balaban J connectivity index is 2.25. The van der Waals surface area contributed by atoms with Crippen LogP contribution in [0.3, 0.4) is 0 Å². The maximum atomic E-state index is 9.19. The molecule has 1 heterocycles. The summed E-state index contributed by atoms with van der Waals surface area (Å²) in [5, 5.41) is 9.19. The van der Waals surface area contributed by atoms with Gasteiger partial charge in [0.2, 0.25) is 5.88 Å². The largest absolute Gasteiger partial charge is 0.493 e. The SMILES string of the molecule is C/C=C(Br)\C(=N/CC1CC1)c1ccc(O)nc1. The van der Waals surface area contributed by atoms with Crippen LogP contribution in [0.4, 0.5) is 0 Å². The van der Waals surface area contributed by atoms with E-state index >= 15 is 0 Å². The minimum atomic E-state index is 0.0342. The molecule has 1 N–H and O–H groups in total. The van der Waals surface area contributed by atoms with Crippen LogP contribution < -0.4 is 0 Å². The normalized spacial score (nSPS) is 17.3. The number of nitrogens with zero attached hydrogens (tertiary/aromatic N) is 2. The van der Waals surface area contributed by atoms with Gasteiger partial charge < -0.3 is 5.11 Å². The Hall–Kier alpha value is -1.16. The van der Waals surface area contributed by atoms with Gasteiger partial charge in [0.05, 0.1) is 5.71 Å². The highest BCUT2D eigenvalue weighted by molar-refractivity contribution is 9.12. The maximum Gasteiger partial charge on any atom is 0.210 e. The van der Waals surface area contributed by atoms with Crippen LogP contribution in [-0.2, 0) is 0 Å². The van der Waals surface area contributed by atoms with Gasteiger partial charge in [0, 0.05) is 28.9 Å². The zero-order chi connectivity index (χ0) is 12.3. The van der Waals surface area contributed by atoms with E-state index in [1.54, 1.807) is 12.3 Å². The number of rotatable bonds is 4. The first-order chi connectivity index (χ1) is 8.20. The van der Waals surface area contributed by atoms with Crippen molar-refractivity contribution in [3.8, 4) is 5.88 Å². The molecule has 0 radical (unpaired) electrons. The molecule has 0 atom stereocenters. The molecule has 0 unspecified atom stereocenters. The van der Waals surface area contributed by atoms with E-state index in [9.17, 15) is 5.11 Å². The molecule has 1 aromatic rings. The van der Waals surface area contributed by atoms with Crippen LogP contribution in [0.5, 0.6) is 5.88 Å². The van der Waals surface area contributed by atoms with Crippen molar-refractivity contribution in [2.75, 3.05) is 6.54 Å². The van der Waals surface area contributed by atoms with E-state index in [0.29, 0.717) is 0 Å². The molecule has 1 aromatic heterocycles. The number of hydrogen-bond donors (Lipinski definition) is 1. The predicted molar refractivity (Wildman–Crippen MR) is 72.7 cm³/mol. The molecule has 1 aliphatic rings. The van der Waals surface area contributed by atoms with Gasteiger partial charge in [-0.25, -0.2) is 4.98 Å². The Morgan fingerprint density at radius 1 is 1.59 bits per heavy atom. The van der Waals surface area contributed by atoms with Crippen LogP contribution in [0.15, 0.2) is 33.9 Å². The van der Waals surface area contributed by atoms with Gasteiger partial charge in [-0.2, -0.15) is 0 Å². The molecule has 90 valence electrons. The lowest BCUT2D eigenvalue weighted by atomic mass is 10.1. The molecular formula is C13H15BrN2O. The number of allylic oxidation sites excluding steroid dienone is 2. The van der Waals surface area contributed by atoms with Crippen LogP contribution in [-0.4, -0.2) is 22.3 Å². The number of aromatic nitrogens is 1. The summed E-state index contributed by atoms with van der Waals surface area (Å²) < 4.78 is 0.964. The van der Waals surface area contributed by atoms with Crippen LogP contribution in [0.1, 0.15) is 25.3 Å². The predicted octanol–water partition coefficient (Wildman–Crippen LogP) is 3.29. The standard InChI is InChI=1S/C13H15BrN2O/c1-2-11(14)13(16-7-9-3-4-9)10-5-6-12(17)15-8-10/h2,5-6,8-9H,3-4,7H2,1H3,(H,15,17)/b11-2+,16-13-. The number of hydrogen-bond acceptors (Lipinski definition) is 3.